The fourth-order valence-corrected chi connectivity index (χ4v) is 2.19. The van der Waals surface area contributed by atoms with Gasteiger partial charge in [-0.05, 0) is 12.5 Å². The third-order valence-electron chi connectivity index (χ3n) is 3.16. The van der Waals surface area contributed by atoms with Gasteiger partial charge in [0, 0.05) is 17.7 Å². The van der Waals surface area contributed by atoms with Crippen LogP contribution in [0.1, 0.15) is 11.3 Å². The molecule has 7 heteroatoms. The number of benzene rings is 1. The molecular formula is C14H11F3N4. The number of anilines is 1. The Bertz CT molecular complexity index is 821. The van der Waals surface area contributed by atoms with Crippen LogP contribution in [0.3, 0.4) is 0 Å². The first-order chi connectivity index (χ1) is 9.86. The van der Waals surface area contributed by atoms with Gasteiger partial charge in [-0.1, -0.05) is 24.3 Å². The summed E-state index contributed by atoms with van der Waals surface area (Å²) in [6.07, 6.45) is -4.55. The van der Waals surface area contributed by atoms with E-state index in [1.54, 1.807) is 12.1 Å². The molecule has 1 aromatic carbocycles. The van der Waals surface area contributed by atoms with Crippen LogP contribution in [0.5, 0.6) is 0 Å². The third-order valence-corrected chi connectivity index (χ3v) is 3.16. The maximum atomic E-state index is 13.0. The van der Waals surface area contributed by atoms with E-state index in [0.717, 1.165) is 21.7 Å². The van der Waals surface area contributed by atoms with Crippen molar-refractivity contribution >= 4 is 11.5 Å². The predicted octanol–water partition coefficient (Wildman–Crippen LogP) is 3.31. The van der Waals surface area contributed by atoms with Crippen molar-refractivity contribution in [1.29, 1.82) is 0 Å². The maximum absolute atomic E-state index is 13.0. The van der Waals surface area contributed by atoms with Gasteiger partial charge in [0.2, 0.25) is 0 Å². The van der Waals surface area contributed by atoms with Gasteiger partial charge in [-0.3, -0.25) is 0 Å². The van der Waals surface area contributed by atoms with Crippen LogP contribution < -0.4 is 5.73 Å². The lowest BCUT2D eigenvalue weighted by Gasteiger charge is -2.08. The highest BCUT2D eigenvalue weighted by atomic mass is 19.4. The molecule has 0 aliphatic carbocycles. The van der Waals surface area contributed by atoms with Gasteiger partial charge in [0.05, 0.1) is 5.69 Å². The second-order valence-electron chi connectivity index (χ2n) is 4.68. The minimum Gasteiger partial charge on any atom is -0.384 e. The van der Waals surface area contributed by atoms with E-state index in [4.69, 9.17) is 5.73 Å². The highest BCUT2D eigenvalue weighted by molar-refractivity contribution is 5.68. The summed E-state index contributed by atoms with van der Waals surface area (Å²) in [6, 6.07) is 9.60. The fraction of sp³-hybridized carbons (Fsp3) is 0.143. The molecule has 0 fully saturated rings. The molecule has 0 aliphatic rings. The lowest BCUT2D eigenvalue weighted by Crippen LogP contribution is -2.14. The van der Waals surface area contributed by atoms with E-state index in [9.17, 15) is 13.2 Å². The lowest BCUT2D eigenvalue weighted by atomic mass is 10.1. The number of fused-ring (bicyclic) bond motifs is 1. The van der Waals surface area contributed by atoms with Gasteiger partial charge >= 0.3 is 6.18 Å². The summed E-state index contributed by atoms with van der Waals surface area (Å²) in [4.78, 5) is 3.90. The molecule has 0 atom stereocenters. The van der Waals surface area contributed by atoms with Gasteiger partial charge in [0.1, 0.15) is 5.82 Å². The summed E-state index contributed by atoms with van der Waals surface area (Å²) in [5.74, 6) is -0.189. The summed E-state index contributed by atoms with van der Waals surface area (Å²) in [6.45, 7) is 1.87. The van der Waals surface area contributed by atoms with E-state index in [1.165, 1.54) is 6.07 Å². The van der Waals surface area contributed by atoms with Gasteiger partial charge in [0.15, 0.2) is 11.3 Å². The highest BCUT2D eigenvalue weighted by Gasteiger charge is 2.35. The van der Waals surface area contributed by atoms with Crippen molar-refractivity contribution in [2.24, 2.45) is 0 Å². The Morgan fingerprint density at radius 2 is 1.86 bits per heavy atom. The number of alkyl halides is 3. The minimum absolute atomic E-state index is 0.0700. The van der Waals surface area contributed by atoms with Gasteiger partial charge < -0.3 is 5.73 Å². The zero-order valence-electron chi connectivity index (χ0n) is 11.0. The average molecular weight is 292 g/mol. The first-order valence-electron chi connectivity index (χ1n) is 6.16. The van der Waals surface area contributed by atoms with Crippen LogP contribution in [0.25, 0.3) is 16.9 Å². The number of aryl methyl sites for hydroxylation is 1. The second kappa shape index (κ2) is 4.47. The first kappa shape index (κ1) is 13.4. The van der Waals surface area contributed by atoms with Crippen LogP contribution in [0, 0.1) is 6.92 Å². The Kier molecular flexibility index (Phi) is 2.86. The highest BCUT2D eigenvalue weighted by Crippen LogP contribution is 2.32. The molecule has 0 saturated heterocycles. The van der Waals surface area contributed by atoms with Crippen molar-refractivity contribution in [3.05, 3.63) is 47.7 Å². The Hall–Kier alpha value is -2.57. The van der Waals surface area contributed by atoms with Crippen molar-refractivity contribution in [3.63, 3.8) is 0 Å². The quantitative estimate of drug-likeness (QED) is 0.748. The first-order valence-corrected chi connectivity index (χ1v) is 6.16. The molecule has 3 aromatic rings. The molecule has 0 aliphatic heterocycles. The van der Waals surface area contributed by atoms with E-state index in [2.05, 4.69) is 10.1 Å². The van der Waals surface area contributed by atoms with Crippen LogP contribution >= 0.6 is 0 Å². The summed E-state index contributed by atoms with van der Waals surface area (Å²) in [5, 5.41) is 4.03. The van der Waals surface area contributed by atoms with Crippen LogP contribution in [0.15, 0.2) is 36.4 Å². The molecule has 2 N–H and O–H groups in total. The van der Waals surface area contributed by atoms with E-state index in [0.29, 0.717) is 5.69 Å². The minimum atomic E-state index is -4.55. The summed E-state index contributed by atoms with van der Waals surface area (Å²) in [5.41, 5.74) is 6.68. The zero-order valence-corrected chi connectivity index (χ0v) is 11.0. The molecule has 0 spiro atoms. The third kappa shape index (κ3) is 2.31. The van der Waals surface area contributed by atoms with Gasteiger partial charge in [0.25, 0.3) is 0 Å². The van der Waals surface area contributed by atoms with Crippen molar-refractivity contribution in [2.45, 2.75) is 13.1 Å². The molecule has 108 valence electrons. The van der Waals surface area contributed by atoms with Gasteiger partial charge in [-0.25, -0.2) is 9.50 Å². The number of nitrogens with zero attached hydrogens (tertiary/aromatic N) is 3. The smallest absolute Gasteiger partial charge is 0.384 e. The molecule has 0 amide bonds. The van der Waals surface area contributed by atoms with Crippen molar-refractivity contribution < 1.29 is 13.2 Å². The molecule has 2 aromatic heterocycles. The number of nitrogens with two attached hydrogens (primary N) is 1. The molecule has 0 unspecified atom stereocenters. The van der Waals surface area contributed by atoms with Gasteiger partial charge in [-0.2, -0.15) is 18.3 Å². The van der Waals surface area contributed by atoms with Crippen LogP contribution in [0.2, 0.25) is 0 Å². The number of rotatable bonds is 1. The summed E-state index contributed by atoms with van der Waals surface area (Å²) in [7, 11) is 0. The largest absolute Gasteiger partial charge is 0.433 e. The van der Waals surface area contributed by atoms with Crippen molar-refractivity contribution in [2.75, 3.05) is 5.73 Å². The standard InChI is InChI=1S/C14H11F3N4/c1-8-4-2-3-5-9(8)10-6-13-19-12(18)7-11(14(15,16)17)21(13)20-10/h2-7H,1H3,(H2,18,19). The monoisotopic (exact) mass is 292 g/mol. The maximum Gasteiger partial charge on any atom is 0.433 e. The Labute approximate surface area is 118 Å². The van der Waals surface area contributed by atoms with E-state index < -0.39 is 11.9 Å². The van der Waals surface area contributed by atoms with Crippen LogP contribution in [-0.4, -0.2) is 14.6 Å². The van der Waals surface area contributed by atoms with E-state index >= 15 is 0 Å². The topological polar surface area (TPSA) is 56.2 Å². The summed E-state index contributed by atoms with van der Waals surface area (Å²) < 4.78 is 39.9. The normalized spacial score (nSPS) is 12.0. The molecular weight excluding hydrogens is 281 g/mol. The lowest BCUT2D eigenvalue weighted by molar-refractivity contribution is -0.142. The Morgan fingerprint density at radius 1 is 1.14 bits per heavy atom. The van der Waals surface area contributed by atoms with E-state index in [-0.39, 0.29) is 11.5 Å². The number of hydrogen-bond acceptors (Lipinski definition) is 3. The van der Waals surface area contributed by atoms with Crippen LogP contribution in [-0.2, 0) is 6.18 Å². The van der Waals surface area contributed by atoms with Crippen LogP contribution in [0.4, 0.5) is 19.0 Å². The summed E-state index contributed by atoms with van der Waals surface area (Å²) >= 11 is 0. The SMILES string of the molecule is Cc1ccccc1-c1cc2nc(N)cc(C(F)(F)F)n2n1. The van der Waals surface area contributed by atoms with Crippen molar-refractivity contribution in [3.8, 4) is 11.3 Å². The van der Waals surface area contributed by atoms with E-state index in [1.807, 2.05) is 19.1 Å². The average Bonchev–Trinajstić information content (AvgIpc) is 2.80. The van der Waals surface area contributed by atoms with Crippen molar-refractivity contribution in [1.82, 2.24) is 14.6 Å². The zero-order chi connectivity index (χ0) is 15.2. The number of aromatic nitrogens is 3. The number of hydrogen-bond donors (Lipinski definition) is 1. The Balaban J connectivity index is 2.28. The predicted molar refractivity (Wildman–Crippen MR) is 72.6 cm³/mol. The van der Waals surface area contributed by atoms with Gasteiger partial charge in [-0.15, -0.1) is 0 Å². The molecule has 0 bridgehead atoms. The molecule has 21 heavy (non-hydrogen) atoms. The Morgan fingerprint density at radius 3 is 2.52 bits per heavy atom. The molecule has 2 heterocycles. The molecule has 0 radical (unpaired) electrons. The number of nitrogen functional groups attached to an aromatic ring is 1. The fourth-order valence-electron chi connectivity index (χ4n) is 2.19. The number of halogens is 3. The second-order valence-corrected chi connectivity index (χ2v) is 4.68. The molecule has 0 saturated carbocycles. The molecule has 3 rings (SSSR count). The molecule has 4 nitrogen and oxygen atoms in total.